The molecule has 0 aliphatic heterocycles. The minimum atomic E-state index is -1.80. The second-order valence-electron chi connectivity index (χ2n) is 3.65. The van der Waals surface area contributed by atoms with Gasteiger partial charge in [-0.15, -0.1) is 12.8 Å². The number of rotatable bonds is 6. The Balaban J connectivity index is 4.82. The van der Waals surface area contributed by atoms with Gasteiger partial charge in [-0.1, -0.05) is 11.8 Å². The fourth-order valence-electron chi connectivity index (χ4n) is 1.18. The average molecular weight is 266 g/mol. The van der Waals surface area contributed by atoms with Crippen LogP contribution >= 0.6 is 0 Å². The first kappa shape index (κ1) is 16.5. The Hall–Kier alpha value is -2.47. The molecule has 0 fully saturated rings. The van der Waals surface area contributed by atoms with Crippen LogP contribution in [0.3, 0.4) is 0 Å². The monoisotopic (exact) mass is 266 g/mol. The lowest BCUT2D eigenvalue weighted by Crippen LogP contribution is -2.43. The molecule has 0 saturated heterocycles. The van der Waals surface area contributed by atoms with Crippen LogP contribution < -0.4 is 0 Å². The predicted octanol–water partition coefficient (Wildman–Crippen LogP) is 0.0511. The van der Waals surface area contributed by atoms with Crippen molar-refractivity contribution in [2.45, 2.75) is 25.9 Å². The van der Waals surface area contributed by atoms with Gasteiger partial charge >= 0.3 is 17.9 Å². The summed E-state index contributed by atoms with van der Waals surface area (Å²) in [6.07, 6.45) is 9.34. The van der Waals surface area contributed by atoms with Crippen LogP contribution in [0.1, 0.15) is 20.3 Å². The van der Waals surface area contributed by atoms with Gasteiger partial charge in [-0.3, -0.25) is 9.59 Å². The van der Waals surface area contributed by atoms with Crippen LogP contribution in [0.15, 0.2) is 0 Å². The summed E-state index contributed by atoms with van der Waals surface area (Å²) >= 11 is 0. The molecule has 102 valence electrons. The molecule has 6 nitrogen and oxygen atoms in total. The van der Waals surface area contributed by atoms with Crippen molar-refractivity contribution < 1.29 is 28.6 Å². The highest BCUT2D eigenvalue weighted by molar-refractivity contribution is 5.87. The first-order chi connectivity index (χ1) is 8.85. The summed E-state index contributed by atoms with van der Waals surface area (Å²) in [7, 11) is 0. The van der Waals surface area contributed by atoms with Crippen molar-refractivity contribution in [1.82, 2.24) is 0 Å². The second kappa shape index (κ2) is 7.78. The van der Waals surface area contributed by atoms with Gasteiger partial charge in [0.25, 0.3) is 0 Å². The summed E-state index contributed by atoms with van der Waals surface area (Å²) in [5.41, 5.74) is -1.80. The van der Waals surface area contributed by atoms with E-state index < -0.39 is 29.9 Å². The van der Waals surface area contributed by atoms with Gasteiger partial charge < -0.3 is 14.2 Å². The van der Waals surface area contributed by atoms with E-state index in [1.54, 1.807) is 0 Å². The molecule has 0 radical (unpaired) electrons. The first-order valence-corrected chi connectivity index (χ1v) is 5.25. The SMILES string of the molecule is C#CCOC(=O)CC(C)(OC(C)=O)C(=O)OCC#C. The molecule has 0 aromatic carbocycles. The van der Waals surface area contributed by atoms with E-state index in [4.69, 9.17) is 17.6 Å². The van der Waals surface area contributed by atoms with Crippen LogP contribution in [0, 0.1) is 24.7 Å². The van der Waals surface area contributed by atoms with Crippen LogP contribution in [-0.2, 0) is 28.6 Å². The molecular weight excluding hydrogens is 252 g/mol. The molecule has 1 unspecified atom stereocenters. The van der Waals surface area contributed by atoms with Gasteiger partial charge in [0.15, 0.2) is 13.2 Å². The van der Waals surface area contributed by atoms with Crippen LogP contribution in [-0.4, -0.2) is 36.7 Å². The maximum Gasteiger partial charge on any atom is 0.351 e. The van der Waals surface area contributed by atoms with Gasteiger partial charge in [0, 0.05) is 6.92 Å². The molecular formula is C13H14O6. The Kier molecular flexibility index (Phi) is 6.77. The van der Waals surface area contributed by atoms with Crippen LogP contribution in [0.4, 0.5) is 0 Å². The highest BCUT2D eigenvalue weighted by Crippen LogP contribution is 2.19. The summed E-state index contributed by atoms with van der Waals surface area (Å²) in [5, 5.41) is 0. The minimum absolute atomic E-state index is 0.242. The Bertz CT molecular complexity index is 439. The average Bonchev–Trinajstić information content (AvgIpc) is 2.32. The van der Waals surface area contributed by atoms with Gasteiger partial charge in [-0.05, 0) is 6.92 Å². The summed E-state index contributed by atoms with van der Waals surface area (Å²) in [4.78, 5) is 34.1. The number of hydrogen-bond donors (Lipinski definition) is 0. The zero-order valence-electron chi connectivity index (χ0n) is 10.7. The molecule has 0 rings (SSSR count). The van der Waals surface area contributed by atoms with Crippen LogP contribution in [0.5, 0.6) is 0 Å². The van der Waals surface area contributed by atoms with E-state index in [-0.39, 0.29) is 13.2 Å². The van der Waals surface area contributed by atoms with Gasteiger partial charge in [0.1, 0.15) is 0 Å². The summed E-state index contributed by atoms with van der Waals surface area (Å²) in [6.45, 7) is 1.79. The third-order valence-corrected chi connectivity index (χ3v) is 1.89. The quantitative estimate of drug-likeness (QED) is 0.384. The minimum Gasteiger partial charge on any atom is -0.452 e. The van der Waals surface area contributed by atoms with Gasteiger partial charge in [-0.25, -0.2) is 4.79 Å². The second-order valence-corrected chi connectivity index (χ2v) is 3.65. The normalized spacial score (nSPS) is 12.2. The predicted molar refractivity (Wildman–Crippen MR) is 64.4 cm³/mol. The van der Waals surface area contributed by atoms with Crippen molar-refractivity contribution in [1.29, 1.82) is 0 Å². The smallest absolute Gasteiger partial charge is 0.351 e. The molecule has 19 heavy (non-hydrogen) atoms. The third kappa shape index (κ3) is 6.13. The first-order valence-electron chi connectivity index (χ1n) is 5.25. The lowest BCUT2D eigenvalue weighted by Gasteiger charge is -2.25. The van der Waals surface area contributed by atoms with Crippen LogP contribution in [0.25, 0.3) is 0 Å². The number of terminal acetylenes is 2. The molecule has 0 aliphatic carbocycles. The summed E-state index contributed by atoms with van der Waals surface area (Å²) < 4.78 is 14.1. The van der Waals surface area contributed by atoms with Crippen molar-refractivity contribution in [2.24, 2.45) is 0 Å². The van der Waals surface area contributed by atoms with Gasteiger partial charge in [0.2, 0.25) is 5.60 Å². The molecule has 0 aliphatic rings. The van der Waals surface area contributed by atoms with Crippen molar-refractivity contribution >= 4 is 17.9 Å². The number of ether oxygens (including phenoxy) is 3. The molecule has 0 bridgehead atoms. The van der Waals surface area contributed by atoms with Crippen molar-refractivity contribution in [3.63, 3.8) is 0 Å². The van der Waals surface area contributed by atoms with Crippen molar-refractivity contribution in [3.05, 3.63) is 0 Å². The van der Waals surface area contributed by atoms with E-state index in [0.717, 1.165) is 6.92 Å². The topological polar surface area (TPSA) is 78.9 Å². The summed E-state index contributed by atoms with van der Waals surface area (Å²) in [5.74, 6) is 1.71. The Morgan fingerprint density at radius 3 is 2.11 bits per heavy atom. The number of carbonyl (C=O) groups is 3. The highest BCUT2D eigenvalue weighted by atomic mass is 16.6. The standard InChI is InChI=1S/C13H14O6/c1-5-7-17-11(15)9-13(4,19-10(3)14)12(16)18-8-6-2/h1-2H,7-9H2,3-4H3. The number of esters is 3. The fraction of sp³-hybridized carbons (Fsp3) is 0.462. The molecule has 0 N–H and O–H groups in total. The largest absolute Gasteiger partial charge is 0.452 e. The molecule has 6 heteroatoms. The number of carbonyl (C=O) groups excluding carboxylic acids is 3. The van der Waals surface area contributed by atoms with E-state index in [0.29, 0.717) is 0 Å². The van der Waals surface area contributed by atoms with E-state index in [9.17, 15) is 14.4 Å². The zero-order valence-corrected chi connectivity index (χ0v) is 10.7. The van der Waals surface area contributed by atoms with E-state index in [1.807, 2.05) is 0 Å². The third-order valence-electron chi connectivity index (χ3n) is 1.89. The van der Waals surface area contributed by atoms with Gasteiger partial charge in [-0.2, -0.15) is 0 Å². The molecule has 0 heterocycles. The molecule has 0 aromatic rings. The van der Waals surface area contributed by atoms with Crippen molar-refractivity contribution in [2.75, 3.05) is 13.2 Å². The Morgan fingerprint density at radius 1 is 1.11 bits per heavy atom. The Labute approximate surface area is 111 Å². The maximum absolute atomic E-state index is 11.7. The Morgan fingerprint density at radius 2 is 1.63 bits per heavy atom. The molecule has 0 saturated carbocycles. The zero-order chi connectivity index (χ0) is 14.9. The van der Waals surface area contributed by atoms with Crippen molar-refractivity contribution in [3.8, 4) is 24.7 Å². The number of hydrogen-bond acceptors (Lipinski definition) is 6. The maximum atomic E-state index is 11.7. The van der Waals surface area contributed by atoms with E-state index in [2.05, 4.69) is 21.3 Å². The van der Waals surface area contributed by atoms with Gasteiger partial charge in [0.05, 0.1) is 6.42 Å². The molecule has 0 aromatic heterocycles. The highest BCUT2D eigenvalue weighted by Gasteiger charge is 2.41. The fourth-order valence-corrected chi connectivity index (χ4v) is 1.18. The molecule has 1 atom stereocenters. The lowest BCUT2D eigenvalue weighted by molar-refractivity contribution is -0.182. The molecule has 0 amide bonds. The lowest BCUT2D eigenvalue weighted by atomic mass is 10.0. The van der Waals surface area contributed by atoms with Crippen LogP contribution in [0.2, 0.25) is 0 Å². The molecule has 0 spiro atoms. The summed E-state index contributed by atoms with van der Waals surface area (Å²) in [6, 6.07) is 0. The van der Waals surface area contributed by atoms with E-state index in [1.165, 1.54) is 6.92 Å². The van der Waals surface area contributed by atoms with E-state index >= 15 is 0 Å².